The number of aliphatic hydroxyl groups excluding tert-OH is 1. The Hall–Kier alpha value is -0.240. The minimum atomic E-state index is -0.908. The summed E-state index contributed by atoms with van der Waals surface area (Å²) in [6.07, 6.45) is -2.88. The first-order chi connectivity index (χ1) is 9.13. The van der Waals surface area contributed by atoms with E-state index in [1.807, 2.05) is 34.6 Å². The van der Waals surface area contributed by atoms with Crippen LogP contribution in [0.15, 0.2) is 0 Å². The Bertz CT molecular complexity index is 337. The maximum absolute atomic E-state index is 10.4. The van der Waals surface area contributed by atoms with Gasteiger partial charge in [0.1, 0.15) is 24.4 Å². The number of hydrogen-bond donors (Lipinski definition) is 1. The molecule has 2 heterocycles. The Morgan fingerprint density at radius 2 is 1.90 bits per heavy atom. The maximum Gasteiger partial charge on any atom is 0.186 e. The summed E-state index contributed by atoms with van der Waals surface area (Å²) in [5, 5.41) is 10.4. The van der Waals surface area contributed by atoms with Gasteiger partial charge in [-0.15, -0.1) is 0 Å². The average molecular weight is 290 g/mol. The molecule has 6 nitrogen and oxygen atoms in total. The second-order valence-electron chi connectivity index (χ2n) is 6.76. The van der Waals surface area contributed by atoms with Crippen LogP contribution in [0, 0.1) is 0 Å². The maximum atomic E-state index is 10.4. The zero-order valence-corrected chi connectivity index (χ0v) is 13.1. The number of fused-ring (bicyclic) bond motifs is 1. The normalized spacial score (nSPS) is 41.2. The van der Waals surface area contributed by atoms with E-state index in [2.05, 4.69) is 0 Å². The van der Waals surface area contributed by atoms with E-state index in [1.165, 1.54) is 7.11 Å². The van der Waals surface area contributed by atoms with Crippen LogP contribution in [0.1, 0.15) is 34.6 Å². The van der Waals surface area contributed by atoms with Crippen LogP contribution in [0.25, 0.3) is 0 Å². The lowest BCUT2D eigenvalue weighted by Crippen LogP contribution is -2.66. The van der Waals surface area contributed by atoms with E-state index < -0.39 is 29.9 Å². The SMILES string of the molecule is CO[C@H]1O[C@@H]2COC(C)(C)O[C@H]2[C@H](OC(C)(C)C)[C@H]1O. The van der Waals surface area contributed by atoms with Gasteiger partial charge >= 0.3 is 0 Å². The molecule has 2 fully saturated rings. The summed E-state index contributed by atoms with van der Waals surface area (Å²) < 4.78 is 28.4. The number of ether oxygens (including phenoxy) is 5. The van der Waals surface area contributed by atoms with Crippen molar-refractivity contribution in [3.05, 3.63) is 0 Å². The first-order valence-corrected chi connectivity index (χ1v) is 6.99. The molecule has 0 amide bonds. The van der Waals surface area contributed by atoms with E-state index in [-0.39, 0.29) is 12.2 Å². The highest BCUT2D eigenvalue weighted by Crippen LogP contribution is 2.35. The van der Waals surface area contributed by atoms with Gasteiger partial charge in [-0.3, -0.25) is 0 Å². The van der Waals surface area contributed by atoms with Gasteiger partial charge in [-0.2, -0.15) is 0 Å². The van der Waals surface area contributed by atoms with Gasteiger partial charge in [-0.05, 0) is 34.6 Å². The van der Waals surface area contributed by atoms with E-state index >= 15 is 0 Å². The fraction of sp³-hybridized carbons (Fsp3) is 1.00. The lowest BCUT2D eigenvalue weighted by Gasteiger charge is -2.50. The third-order valence-corrected chi connectivity index (χ3v) is 3.35. The Kier molecular flexibility index (Phi) is 4.45. The number of rotatable bonds is 2. The molecule has 2 aliphatic rings. The number of methoxy groups -OCH3 is 1. The molecule has 0 aliphatic carbocycles. The smallest absolute Gasteiger partial charge is 0.186 e. The van der Waals surface area contributed by atoms with Crippen molar-refractivity contribution in [2.75, 3.05) is 13.7 Å². The molecule has 0 aromatic carbocycles. The van der Waals surface area contributed by atoms with Crippen molar-refractivity contribution < 1.29 is 28.8 Å². The summed E-state index contributed by atoms with van der Waals surface area (Å²) in [5.74, 6) is -0.719. The largest absolute Gasteiger partial charge is 0.385 e. The van der Waals surface area contributed by atoms with Crippen LogP contribution < -0.4 is 0 Å². The molecule has 118 valence electrons. The van der Waals surface area contributed by atoms with E-state index in [1.54, 1.807) is 0 Å². The molecule has 2 saturated heterocycles. The fourth-order valence-electron chi connectivity index (χ4n) is 2.55. The molecule has 6 heteroatoms. The second-order valence-corrected chi connectivity index (χ2v) is 6.76. The van der Waals surface area contributed by atoms with Gasteiger partial charge in [0, 0.05) is 7.11 Å². The molecule has 2 rings (SSSR count). The van der Waals surface area contributed by atoms with Gasteiger partial charge in [-0.25, -0.2) is 0 Å². The molecule has 0 unspecified atom stereocenters. The first-order valence-electron chi connectivity index (χ1n) is 6.99. The quantitative estimate of drug-likeness (QED) is 0.820. The topological polar surface area (TPSA) is 66.4 Å². The minimum absolute atomic E-state index is 0.316. The van der Waals surface area contributed by atoms with Crippen molar-refractivity contribution >= 4 is 0 Å². The molecule has 0 aromatic rings. The first kappa shape index (κ1) is 16.1. The van der Waals surface area contributed by atoms with Crippen LogP contribution in [0.4, 0.5) is 0 Å². The van der Waals surface area contributed by atoms with Gasteiger partial charge in [0.15, 0.2) is 12.1 Å². The van der Waals surface area contributed by atoms with Crippen LogP contribution in [0.2, 0.25) is 0 Å². The minimum Gasteiger partial charge on any atom is -0.385 e. The Morgan fingerprint density at radius 1 is 1.25 bits per heavy atom. The molecule has 0 radical (unpaired) electrons. The van der Waals surface area contributed by atoms with E-state index in [0.29, 0.717) is 6.61 Å². The number of hydrogen-bond acceptors (Lipinski definition) is 6. The summed E-state index contributed by atoms with van der Waals surface area (Å²) in [4.78, 5) is 0. The lowest BCUT2D eigenvalue weighted by molar-refractivity contribution is -0.389. The highest BCUT2D eigenvalue weighted by atomic mass is 16.8. The highest BCUT2D eigenvalue weighted by Gasteiger charge is 2.52. The highest BCUT2D eigenvalue weighted by molar-refractivity contribution is 4.95. The van der Waals surface area contributed by atoms with Crippen molar-refractivity contribution in [1.29, 1.82) is 0 Å². The van der Waals surface area contributed by atoms with E-state index in [4.69, 9.17) is 23.7 Å². The molecule has 1 N–H and O–H groups in total. The second kappa shape index (κ2) is 5.51. The number of aliphatic hydroxyl groups is 1. The van der Waals surface area contributed by atoms with Gasteiger partial charge in [-0.1, -0.05) is 0 Å². The third-order valence-electron chi connectivity index (χ3n) is 3.35. The summed E-state index contributed by atoms with van der Waals surface area (Å²) >= 11 is 0. The molecule has 0 bridgehead atoms. The fourth-order valence-corrected chi connectivity index (χ4v) is 2.55. The van der Waals surface area contributed by atoms with Gasteiger partial charge < -0.3 is 28.8 Å². The lowest BCUT2D eigenvalue weighted by atomic mass is 9.96. The monoisotopic (exact) mass is 290 g/mol. The molecule has 0 spiro atoms. The predicted molar refractivity (Wildman–Crippen MR) is 71.2 cm³/mol. The van der Waals surface area contributed by atoms with Crippen LogP contribution in [0.3, 0.4) is 0 Å². The predicted octanol–water partition coefficient (Wildman–Crippen LogP) is 1.05. The zero-order chi connectivity index (χ0) is 15.1. The third kappa shape index (κ3) is 3.50. The van der Waals surface area contributed by atoms with Gasteiger partial charge in [0.2, 0.25) is 0 Å². The van der Waals surface area contributed by atoms with Gasteiger partial charge in [0.25, 0.3) is 0 Å². The molecular weight excluding hydrogens is 264 g/mol. The van der Waals surface area contributed by atoms with Crippen LogP contribution in [-0.2, 0) is 23.7 Å². The van der Waals surface area contributed by atoms with Crippen molar-refractivity contribution in [2.45, 2.75) is 76.7 Å². The summed E-state index contributed by atoms with van der Waals surface area (Å²) in [7, 11) is 1.50. The summed E-state index contributed by atoms with van der Waals surface area (Å²) in [5.41, 5.74) is -0.405. The van der Waals surface area contributed by atoms with Crippen molar-refractivity contribution in [3.63, 3.8) is 0 Å². The van der Waals surface area contributed by atoms with E-state index in [0.717, 1.165) is 0 Å². The molecular formula is C14H26O6. The standard InChI is InChI=1S/C14H26O6/c1-13(2,3)19-11-9(15)12(16-6)18-8-7-17-14(4,5)20-10(8)11/h8-12,15H,7H2,1-6H3/t8-,9-,10-,11-,12+/m1/s1. The van der Waals surface area contributed by atoms with Gasteiger partial charge in [0.05, 0.1) is 12.2 Å². The average Bonchev–Trinajstić information content (AvgIpc) is 2.31. The van der Waals surface area contributed by atoms with E-state index in [9.17, 15) is 5.11 Å². The molecule has 0 aromatic heterocycles. The zero-order valence-electron chi connectivity index (χ0n) is 13.1. The Labute approximate surface area is 120 Å². The van der Waals surface area contributed by atoms with Crippen LogP contribution >= 0.6 is 0 Å². The summed E-state index contributed by atoms with van der Waals surface area (Å²) in [6, 6.07) is 0. The van der Waals surface area contributed by atoms with Crippen LogP contribution in [0.5, 0.6) is 0 Å². The van der Waals surface area contributed by atoms with Crippen molar-refractivity contribution in [2.24, 2.45) is 0 Å². The molecule has 5 atom stereocenters. The van der Waals surface area contributed by atoms with Crippen LogP contribution in [-0.4, -0.2) is 60.9 Å². The molecule has 2 aliphatic heterocycles. The molecule has 20 heavy (non-hydrogen) atoms. The molecule has 0 saturated carbocycles. The Balaban J connectivity index is 2.21. The Morgan fingerprint density at radius 3 is 2.45 bits per heavy atom. The van der Waals surface area contributed by atoms with Crippen molar-refractivity contribution in [3.8, 4) is 0 Å². The van der Waals surface area contributed by atoms with Crippen molar-refractivity contribution in [1.82, 2.24) is 0 Å². The summed E-state index contributed by atoms with van der Waals surface area (Å²) in [6.45, 7) is 9.88.